The van der Waals surface area contributed by atoms with Crippen molar-refractivity contribution >= 4 is 21.9 Å². The van der Waals surface area contributed by atoms with Crippen LogP contribution in [0.2, 0.25) is 0 Å². The van der Waals surface area contributed by atoms with Gasteiger partial charge in [-0.05, 0) is 113 Å². The van der Waals surface area contributed by atoms with Crippen molar-refractivity contribution in [3.8, 4) is 67.8 Å². The van der Waals surface area contributed by atoms with Crippen LogP contribution in [0.3, 0.4) is 0 Å². The van der Waals surface area contributed by atoms with Crippen molar-refractivity contribution in [2.24, 2.45) is 0 Å². The average Bonchev–Trinajstić information content (AvgIpc) is 3.57. The van der Waals surface area contributed by atoms with Gasteiger partial charge in [0.2, 0.25) is 0 Å². The van der Waals surface area contributed by atoms with Crippen molar-refractivity contribution in [1.29, 1.82) is 0 Å². The molecule has 230 valence electrons. The molecular weight excluding hydrogens is 605 g/mol. The Kier molecular flexibility index (Phi) is 6.98. The maximum Gasteiger partial charge on any atom is 0.136 e. The van der Waals surface area contributed by atoms with E-state index in [1.54, 1.807) is 24.8 Å². The molecule has 0 fully saturated rings. The number of pyridine rings is 6. The van der Waals surface area contributed by atoms with E-state index in [-0.39, 0.29) is 0 Å². The normalized spacial score (nSPS) is 11.3. The highest BCUT2D eigenvalue weighted by Crippen LogP contribution is 2.40. The summed E-state index contributed by atoms with van der Waals surface area (Å²) in [7, 11) is 0. The first-order chi connectivity index (χ1) is 24.3. The summed E-state index contributed by atoms with van der Waals surface area (Å²) < 4.78 is 6.45. The van der Waals surface area contributed by atoms with E-state index < -0.39 is 0 Å². The summed E-state index contributed by atoms with van der Waals surface area (Å²) in [6.07, 6.45) is 7.14. The summed E-state index contributed by atoms with van der Waals surface area (Å²) in [6, 6.07) is 44.3. The maximum absolute atomic E-state index is 6.45. The Hall–Kier alpha value is -6.86. The van der Waals surface area contributed by atoms with Crippen LogP contribution in [-0.4, -0.2) is 29.9 Å². The third-order valence-corrected chi connectivity index (χ3v) is 8.50. The Morgan fingerprint density at radius 2 is 0.837 bits per heavy atom. The Bertz CT molecular complexity index is 2470. The van der Waals surface area contributed by atoms with Crippen molar-refractivity contribution in [2.75, 3.05) is 0 Å². The van der Waals surface area contributed by atoms with Gasteiger partial charge in [-0.1, -0.05) is 42.5 Å². The molecule has 0 saturated heterocycles. The van der Waals surface area contributed by atoms with Gasteiger partial charge in [0.1, 0.15) is 11.2 Å². The summed E-state index contributed by atoms with van der Waals surface area (Å²) in [5, 5.41) is 2.03. The van der Waals surface area contributed by atoms with Crippen LogP contribution in [0, 0.1) is 0 Å². The predicted molar refractivity (Wildman–Crippen MR) is 193 cm³/mol. The molecule has 0 aliphatic carbocycles. The van der Waals surface area contributed by atoms with Crippen LogP contribution in [0.25, 0.3) is 89.7 Å². The SMILES string of the molecule is c1ccc(-c2cc(-c3ccc4oc5cccc(-c6cc(-c7ccccn7)nc(-c7ccccn7)c6)c5c4c3)cc(-c3ccccn3)n2)nc1. The molecule has 0 N–H and O–H groups in total. The fraction of sp³-hybridized carbons (Fsp3) is 0. The number of furan rings is 1. The average molecular weight is 631 g/mol. The van der Waals surface area contributed by atoms with Gasteiger partial charge in [0, 0.05) is 35.6 Å². The molecule has 0 radical (unpaired) electrons. The third kappa shape index (κ3) is 5.39. The first-order valence-corrected chi connectivity index (χ1v) is 15.9. The van der Waals surface area contributed by atoms with Crippen molar-refractivity contribution < 1.29 is 4.42 Å². The molecule has 0 amide bonds. The number of benzene rings is 2. The molecule has 9 rings (SSSR count). The number of fused-ring (bicyclic) bond motifs is 3. The first kappa shape index (κ1) is 28.4. The molecule has 0 saturated carbocycles. The molecule has 0 unspecified atom stereocenters. The highest BCUT2D eigenvalue weighted by molar-refractivity contribution is 6.13. The van der Waals surface area contributed by atoms with Crippen LogP contribution in [0.1, 0.15) is 0 Å². The minimum Gasteiger partial charge on any atom is -0.456 e. The Morgan fingerprint density at radius 3 is 1.31 bits per heavy atom. The maximum atomic E-state index is 6.45. The van der Waals surface area contributed by atoms with Crippen molar-refractivity contribution in [2.45, 2.75) is 0 Å². The highest BCUT2D eigenvalue weighted by Gasteiger charge is 2.18. The molecule has 0 bridgehead atoms. The summed E-state index contributed by atoms with van der Waals surface area (Å²) >= 11 is 0. The lowest BCUT2D eigenvalue weighted by atomic mass is 9.96. The lowest BCUT2D eigenvalue weighted by Gasteiger charge is -2.11. The summed E-state index contributed by atoms with van der Waals surface area (Å²) in [4.78, 5) is 28.3. The zero-order valence-corrected chi connectivity index (χ0v) is 26.1. The quantitative estimate of drug-likeness (QED) is 0.181. The van der Waals surface area contributed by atoms with E-state index in [9.17, 15) is 0 Å². The monoisotopic (exact) mass is 630 g/mol. The van der Waals surface area contributed by atoms with Gasteiger partial charge in [0.15, 0.2) is 0 Å². The van der Waals surface area contributed by atoms with Gasteiger partial charge >= 0.3 is 0 Å². The van der Waals surface area contributed by atoms with Gasteiger partial charge in [-0.2, -0.15) is 0 Å². The van der Waals surface area contributed by atoms with Crippen LogP contribution in [0.5, 0.6) is 0 Å². The van der Waals surface area contributed by atoms with E-state index in [0.717, 1.165) is 89.7 Å². The lowest BCUT2D eigenvalue weighted by molar-refractivity contribution is 0.669. The Balaban J connectivity index is 1.25. The van der Waals surface area contributed by atoms with Gasteiger partial charge < -0.3 is 4.42 Å². The van der Waals surface area contributed by atoms with Crippen molar-refractivity contribution in [1.82, 2.24) is 29.9 Å². The van der Waals surface area contributed by atoms with Crippen LogP contribution < -0.4 is 0 Å². The van der Waals surface area contributed by atoms with Gasteiger partial charge in [-0.15, -0.1) is 0 Å². The van der Waals surface area contributed by atoms with E-state index in [2.05, 4.69) is 62.4 Å². The molecular formula is C42H26N6O. The zero-order valence-electron chi connectivity index (χ0n) is 26.1. The van der Waals surface area contributed by atoms with Gasteiger partial charge in [-0.3, -0.25) is 19.9 Å². The van der Waals surface area contributed by atoms with E-state index in [1.165, 1.54) is 0 Å². The highest BCUT2D eigenvalue weighted by atomic mass is 16.3. The van der Waals surface area contributed by atoms with Crippen LogP contribution in [-0.2, 0) is 0 Å². The number of nitrogens with zero attached hydrogens (tertiary/aromatic N) is 6. The predicted octanol–water partition coefficient (Wildman–Crippen LogP) is 9.96. The molecule has 7 nitrogen and oxygen atoms in total. The number of rotatable bonds is 6. The minimum atomic E-state index is 0.769. The first-order valence-electron chi connectivity index (χ1n) is 15.9. The molecule has 7 heterocycles. The Labute approximate surface area is 281 Å². The van der Waals surface area contributed by atoms with Gasteiger partial charge in [0.25, 0.3) is 0 Å². The second-order valence-electron chi connectivity index (χ2n) is 11.6. The third-order valence-electron chi connectivity index (χ3n) is 8.50. The van der Waals surface area contributed by atoms with E-state index >= 15 is 0 Å². The van der Waals surface area contributed by atoms with E-state index in [4.69, 9.17) is 14.4 Å². The Morgan fingerprint density at radius 1 is 0.347 bits per heavy atom. The number of aromatic nitrogens is 6. The molecule has 0 aliphatic rings. The summed E-state index contributed by atoms with van der Waals surface area (Å²) in [6.45, 7) is 0. The van der Waals surface area contributed by atoms with Crippen molar-refractivity contribution in [3.63, 3.8) is 0 Å². The fourth-order valence-electron chi connectivity index (χ4n) is 6.21. The topological polar surface area (TPSA) is 90.5 Å². The molecule has 0 atom stereocenters. The lowest BCUT2D eigenvalue weighted by Crippen LogP contribution is -1.94. The molecule has 0 aliphatic heterocycles. The molecule has 2 aromatic carbocycles. The summed E-state index contributed by atoms with van der Waals surface area (Å²) in [5.41, 5.74) is 11.9. The smallest absolute Gasteiger partial charge is 0.136 e. The number of hydrogen-bond donors (Lipinski definition) is 0. The van der Waals surface area contributed by atoms with E-state index in [1.807, 2.05) is 91.0 Å². The number of hydrogen-bond acceptors (Lipinski definition) is 7. The van der Waals surface area contributed by atoms with Crippen LogP contribution >= 0.6 is 0 Å². The summed E-state index contributed by atoms with van der Waals surface area (Å²) in [5.74, 6) is 0. The van der Waals surface area contributed by atoms with Gasteiger partial charge in [-0.25, -0.2) is 9.97 Å². The zero-order chi connectivity index (χ0) is 32.6. The van der Waals surface area contributed by atoms with Gasteiger partial charge in [0.05, 0.1) is 45.6 Å². The second-order valence-corrected chi connectivity index (χ2v) is 11.6. The van der Waals surface area contributed by atoms with Crippen LogP contribution in [0.15, 0.2) is 163 Å². The van der Waals surface area contributed by atoms with E-state index in [0.29, 0.717) is 0 Å². The molecule has 7 aromatic heterocycles. The standard InChI is InChI=1S/C42H26N6O/c1-5-18-43-32(11-1)36-23-28(24-37(47-36)33-12-2-6-19-44-33)27-16-17-40-31(22-27)42-30(10-9-15-41(42)49-40)29-25-38(34-13-3-7-20-45-34)48-39(26-29)35-14-4-8-21-46-35/h1-26H. The largest absolute Gasteiger partial charge is 0.456 e. The minimum absolute atomic E-state index is 0.769. The molecule has 0 spiro atoms. The van der Waals surface area contributed by atoms with Crippen LogP contribution in [0.4, 0.5) is 0 Å². The van der Waals surface area contributed by atoms with Crippen molar-refractivity contribution in [3.05, 3.63) is 158 Å². The molecule has 9 aromatic rings. The second kappa shape index (κ2) is 12.1. The molecule has 7 heteroatoms. The fourth-order valence-corrected chi connectivity index (χ4v) is 6.21. The molecule has 49 heavy (non-hydrogen) atoms.